The lowest BCUT2D eigenvalue weighted by Gasteiger charge is -2.24. The van der Waals surface area contributed by atoms with Crippen molar-refractivity contribution < 1.29 is 14.3 Å². The van der Waals surface area contributed by atoms with Crippen molar-refractivity contribution in [1.29, 1.82) is 0 Å². The molecule has 0 saturated heterocycles. The summed E-state index contributed by atoms with van der Waals surface area (Å²) in [6, 6.07) is 1.45. The monoisotopic (exact) mass is 337 g/mol. The molecule has 2 amide bonds. The summed E-state index contributed by atoms with van der Waals surface area (Å²) >= 11 is 5.99. The van der Waals surface area contributed by atoms with Gasteiger partial charge < -0.3 is 4.74 Å². The summed E-state index contributed by atoms with van der Waals surface area (Å²) in [6.45, 7) is 8.46. The fraction of sp³-hybridized carbons (Fsp3) is 0.357. The van der Waals surface area contributed by atoms with Crippen LogP contribution in [0.25, 0.3) is 5.65 Å². The second kappa shape index (κ2) is 5.96. The van der Waals surface area contributed by atoms with Gasteiger partial charge in [-0.05, 0) is 27.5 Å². The highest BCUT2D eigenvalue weighted by molar-refractivity contribution is 6.30. The van der Waals surface area contributed by atoms with Gasteiger partial charge in [-0.2, -0.15) is 9.61 Å². The molecule has 23 heavy (non-hydrogen) atoms. The highest BCUT2D eigenvalue weighted by Gasteiger charge is 2.24. The molecule has 0 aliphatic carbocycles. The van der Waals surface area contributed by atoms with E-state index in [9.17, 15) is 9.59 Å². The average molecular weight is 338 g/mol. The molecule has 0 aromatic carbocycles. The molecule has 0 saturated carbocycles. The summed E-state index contributed by atoms with van der Waals surface area (Å²) in [7, 11) is 1.51. The molecule has 2 aromatic rings. The van der Waals surface area contributed by atoms with Crippen LogP contribution in [0.3, 0.4) is 0 Å². The van der Waals surface area contributed by atoms with Crippen molar-refractivity contribution >= 4 is 41.8 Å². The van der Waals surface area contributed by atoms with Crippen molar-refractivity contribution in [1.82, 2.24) is 14.6 Å². The lowest BCUT2D eigenvalue weighted by Crippen LogP contribution is -2.35. The van der Waals surface area contributed by atoms with Crippen molar-refractivity contribution in [2.45, 2.75) is 26.4 Å². The summed E-state index contributed by atoms with van der Waals surface area (Å²) in [5.41, 5.74) is -0.333. The van der Waals surface area contributed by atoms with Crippen LogP contribution >= 0.6 is 11.6 Å². The molecule has 0 aliphatic rings. The molecular formula is C14H16ClN5O3. The number of anilines is 1. The lowest BCUT2D eigenvalue weighted by atomic mass is 10.2. The Morgan fingerprint density at radius 3 is 2.65 bits per heavy atom. The molecule has 0 radical (unpaired) electrons. The Morgan fingerprint density at radius 1 is 1.43 bits per heavy atom. The Kier molecular flexibility index (Phi) is 4.37. The quantitative estimate of drug-likeness (QED) is 0.620. The number of rotatable bonds is 2. The number of aliphatic imine (C=N–C) groups is 1. The molecule has 0 unspecified atom stereocenters. The number of ether oxygens (including phenoxy) is 1. The molecule has 0 N–H and O–H groups in total. The Labute approximate surface area is 137 Å². The van der Waals surface area contributed by atoms with Crippen LogP contribution in [0.15, 0.2) is 17.3 Å². The second-order valence-electron chi connectivity index (χ2n) is 5.73. The maximum Gasteiger partial charge on any atom is 0.415 e. The third kappa shape index (κ3) is 3.48. The number of carbonyl (C=O) groups is 2. The number of hydrogen-bond donors (Lipinski definition) is 0. The standard InChI is InChI=1S/C14H16ClN5O3/c1-14(2,3)23-13(22)19(5)10-6-9(15)18-11-8(12(21)16-4)7-17-20(10)11/h6-7H,4H2,1-3,5H3. The first-order valence-corrected chi connectivity index (χ1v) is 7.04. The molecule has 0 spiro atoms. The lowest BCUT2D eigenvalue weighted by molar-refractivity contribution is 0.0587. The molecule has 2 heterocycles. The van der Waals surface area contributed by atoms with Crippen LogP contribution in [0.2, 0.25) is 5.15 Å². The van der Waals surface area contributed by atoms with Gasteiger partial charge in [0.15, 0.2) is 5.65 Å². The van der Waals surface area contributed by atoms with Crippen molar-refractivity contribution in [3.63, 3.8) is 0 Å². The van der Waals surface area contributed by atoms with Gasteiger partial charge in [0.2, 0.25) is 0 Å². The van der Waals surface area contributed by atoms with Gasteiger partial charge in [-0.15, -0.1) is 0 Å². The zero-order valence-corrected chi connectivity index (χ0v) is 14.0. The largest absolute Gasteiger partial charge is 0.443 e. The third-order valence-corrected chi connectivity index (χ3v) is 3.00. The van der Waals surface area contributed by atoms with Gasteiger partial charge in [0.05, 0.1) is 6.20 Å². The van der Waals surface area contributed by atoms with E-state index in [2.05, 4.69) is 21.8 Å². The Hall–Kier alpha value is -2.48. The van der Waals surface area contributed by atoms with Crippen LogP contribution in [0, 0.1) is 0 Å². The minimum Gasteiger partial charge on any atom is -0.443 e. The molecule has 9 heteroatoms. The van der Waals surface area contributed by atoms with Gasteiger partial charge in [-0.1, -0.05) is 11.6 Å². The fourth-order valence-electron chi connectivity index (χ4n) is 1.82. The van der Waals surface area contributed by atoms with E-state index < -0.39 is 17.6 Å². The van der Waals surface area contributed by atoms with Crippen molar-refractivity contribution in [2.24, 2.45) is 4.99 Å². The summed E-state index contributed by atoms with van der Waals surface area (Å²) in [5.74, 6) is -0.280. The SMILES string of the molecule is C=NC(=O)c1cnn2c(N(C)C(=O)OC(C)(C)C)cc(Cl)nc12. The number of nitrogens with zero attached hydrogens (tertiary/aromatic N) is 5. The van der Waals surface area contributed by atoms with Crippen LogP contribution in [0.5, 0.6) is 0 Å². The Bertz CT molecular complexity index is 794. The van der Waals surface area contributed by atoms with E-state index in [0.717, 1.165) is 0 Å². The third-order valence-electron chi connectivity index (χ3n) is 2.81. The zero-order chi connectivity index (χ0) is 17.4. The molecule has 2 aromatic heterocycles. The molecule has 0 aliphatic heterocycles. The van der Waals surface area contributed by atoms with Gasteiger partial charge in [-0.25, -0.2) is 14.8 Å². The summed E-state index contributed by atoms with van der Waals surface area (Å²) in [5, 5.41) is 4.16. The van der Waals surface area contributed by atoms with Gasteiger partial charge in [0.25, 0.3) is 5.91 Å². The zero-order valence-electron chi connectivity index (χ0n) is 13.2. The van der Waals surface area contributed by atoms with E-state index in [1.807, 2.05) is 0 Å². The Morgan fingerprint density at radius 2 is 2.09 bits per heavy atom. The van der Waals surface area contributed by atoms with E-state index in [-0.39, 0.29) is 16.4 Å². The van der Waals surface area contributed by atoms with E-state index in [0.29, 0.717) is 5.82 Å². The summed E-state index contributed by atoms with van der Waals surface area (Å²) in [4.78, 5) is 32.6. The first kappa shape index (κ1) is 16.9. The van der Waals surface area contributed by atoms with Crippen LogP contribution < -0.4 is 4.90 Å². The number of carbonyl (C=O) groups excluding carboxylic acids is 2. The van der Waals surface area contributed by atoms with Crippen molar-refractivity contribution in [3.05, 3.63) is 23.0 Å². The molecule has 8 nitrogen and oxygen atoms in total. The van der Waals surface area contributed by atoms with Gasteiger partial charge in [0.1, 0.15) is 22.1 Å². The molecule has 0 atom stereocenters. The average Bonchev–Trinajstić information content (AvgIpc) is 2.86. The van der Waals surface area contributed by atoms with Crippen LogP contribution in [-0.4, -0.2) is 46.0 Å². The van der Waals surface area contributed by atoms with E-state index in [1.54, 1.807) is 20.8 Å². The summed E-state index contributed by atoms with van der Waals surface area (Å²) in [6.07, 6.45) is 0.702. The Balaban J connectivity index is 2.53. The maximum absolute atomic E-state index is 12.2. The van der Waals surface area contributed by atoms with E-state index >= 15 is 0 Å². The molecule has 0 bridgehead atoms. The molecule has 2 rings (SSSR count). The predicted octanol–water partition coefficient (Wildman–Crippen LogP) is 2.59. The van der Waals surface area contributed by atoms with E-state index in [4.69, 9.17) is 16.3 Å². The van der Waals surface area contributed by atoms with Crippen molar-refractivity contribution in [3.8, 4) is 0 Å². The first-order chi connectivity index (χ1) is 10.6. The molecule has 0 fully saturated rings. The number of fused-ring (bicyclic) bond motifs is 1. The fourth-order valence-corrected chi connectivity index (χ4v) is 1.99. The number of halogens is 1. The summed E-state index contributed by atoms with van der Waals surface area (Å²) < 4.78 is 6.62. The minimum atomic E-state index is -0.653. The second-order valence-corrected chi connectivity index (χ2v) is 6.12. The molecule has 122 valence electrons. The van der Waals surface area contributed by atoms with E-state index in [1.165, 1.54) is 28.7 Å². The van der Waals surface area contributed by atoms with Crippen LogP contribution in [0.4, 0.5) is 10.6 Å². The normalized spacial score (nSPS) is 11.3. The topological polar surface area (TPSA) is 89.2 Å². The maximum atomic E-state index is 12.2. The van der Waals surface area contributed by atoms with Crippen molar-refractivity contribution in [2.75, 3.05) is 11.9 Å². The van der Waals surface area contributed by atoms with Gasteiger partial charge in [-0.3, -0.25) is 9.69 Å². The minimum absolute atomic E-state index is 0.0986. The predicted molar refractivity (Wildman–Crippen MR) is 86.5 cm³/mol. The van der Waals surface area contributed by atoms with Gasteiger partial charge >= 0.3 is 6.09 Å². The first-order valence-electron chi connectivity index (χ1n) is 6.66. The number of hydrogen-bond acceptors (Lipinski definition) is 5. The molecular weight excluding hydrogens is 322 g/mol. The van der Waals surface area contributed by atoms with Gasteiger partial charge in [0, 0.05) is 13.1 Å². The number of aromatic nitrogens is 3. The van der Waals surface area contributed by atoms with Crippen LogP contribution in [-0.2, 0) is 4.74 Å². The highest BCUT2D eigenvalue weighted by atomic mass is 35.5. The van der Waals surface area contributed by atoms with Crippen LogP contribution in [0.1, 0.15) is 31.1 Å². The number of amides is 2. The highest BCUT2D eigenvalue weighted by Crippen LogP contribution is 2.23. The smallest absolute Gasteiger partial charge is 0.415 e.